The molecule has 31 heavy (non-hydrogen) atoms. The van der Waals surface area contributed by atoms with Gasteiger partial charge in [-0.1, -0.05) is 13.0 Å². The predicted octanol–water partition coefficient (Wildman–Crippen LogP) is -3.07. The van der Waals surface area contributed by atoms with Crippen LogP contribution in [0.5, 0.6) is 0 Å². The average molecular weight is 663 g/mol. The molecule has 0 atom stereocenters. The van der Waals surface area contributed by atoms with E-state index >= 15 is 0 Å². The minimum absolute atomic E-state index is 0. The normalized spacial score (nSPS) is 9.10. The van der Waals surface area contributed by atoms with Gasteiger partial charge in [-0.15, -0.1) is 0 Å². The standard InChI is InChI=1S/3C5H11NO2S2.Sb/c3*7-3-1-6(2-4-8)5(9)10;/h3*7-8H,1-4H2,(H,9,10);/q;;;+3/p-3. The van der Waals surface area contributed by atoms with Crippen LogP contribution in [0.3, 0.4) is 0 Å². The van der Waals surface area contributed by atoms with Gasteiger partial charge >= 0.3 is 24.4 Å². The molecule has 0 unspecified atom stereocenters. The molecule has 0 aliphatic heterocycles. The van der Waals surface area contributed by atoms with Crippen LogP contribution in [0, 0.1) is 0 Å². The summed E-state index contributed by atoms with van der Waals surface area (Å²) >= 11 is 28.0. The number of hydrogen-bond donors (Lipinski definition) is 6. The first-order valence-corrected chi connectivity index (χ1v) is 11.1. The minimum Gasteiger partial charge on any atom is -0.411 e. The van der Waals surface area contributed by atoms with Crippen LogP contribution in [0.4, 0.5) is 0 Å². The number of aliphatic hydroxyl groups is 6. The maximum absolute atomic E-state index is 8.48. The number of hydrogen-bond acceptors (Lipinski definition) is 12. The molecule has 0 aromatic rings. The Bertz CT molecular complexity index is 380. The van der Waals surface area contributed by atoms with Crippen LogP contribution >= 0.6 is 36.7 Å². The van der Waals surface area contributed by atoms with Gasteiger partial charge in [0.05, 0.1) is 39.6 Å². The topological polar surface area (TPSA) is 131 Å². The fraction of sp³-hybridized carbons (Fsp3) is 0.800. The first-order chi connectivity index (χ1) is 14.2. The molecular weight excluding hydrogens is 632 g/mol. The third-order valence-corrected chi connectivity index (χ3v) is 4.54. The van der Waals surface area contributed by atoms with Gasteiger partial charge in [0.1, 0.15) is 0 Å². The van der Waals surface area contributed by atoms with Crippen molar-refractivity contribution in [2.75, 3.05) is 78.9 Å². The van der Waals surface area contributed by atoms with Crippen molar-refractivity contribution < 1.29 is 30.6 Å². The van der Waals surface area contributed by atoms with E-state index in [9.17, 15) is 0 Å². The molecule has 0 saturated carbocycles. The zero-order valence-electron chi connectivity index (χ0n) is 16.9. The number of nitrogens with zero attached hydrogens (tertiary/aromatic N) is 3. The molecule has 0 rings (SSSR count). The Balaban J connectivity index is -0.000000174. The Labute approximate surface area is 234 Å². The SMILES string of the molecule is OCCN(CCO)C(=S)[S-].OCCN(CCO)C(=S)[S-].OCCN(CCO)C(=S)[S-].[Sb+3]. The minimum atomic E-state index is 0. The maximum atomic E-state index is 8.48. The number of thiocarbonyl (C=S) groups is 3. The quantitative estimate of drug-likeness (QED) is 0.0718. The average Bonchev–Trinajstić information content (AvgIpc) is 2.68. The molecule has 0 aromatic carbocycles. The largest absolute Gasteiger partial charge is 3.00 e. The summed E-state index contributed by atoms with van der Waals surface area (Å²) in [6.45, 7) is 2.50. The van der Waals surface area contributed by atoms with E-state index in [2.05, 4.69) is 74.5 Å². The summed E-state index contributed by atoms with van der Waals surface area (Å²) in [6.07, 6.45) is 0. The molecule has 0 spiro atoms. The van der Waals surface area contributed by atoms with Crippen LogP contribution in [0.2, 0.25) is 0 Å². The second-order valence-electron chi connectivity index (χ2n) is 5.10. The molecule has 16 heteroatoms. The van der Waals surface area contributed by atoms with E-state index in [-0.39, 0.29) is 64.1 Å². The summed E-state index contributed by atoms with van der Waals surface area (Å²) in [7, 11) is 0. The Morgan fingerprint density at radius 2 is 0.581 bits per heavy atom. The molecule has 182 valence electrons. The molecular formula is C15H30N3O6S6Sb. The van der Waals surface area contributed by atoms with Crippen molar-refractivity contribution in [3.8, 4) is 0 Å². The van der Waals surface area contributed by atoms with Gasteiger partial charge in [-0.25, -0.2) is 0 Å². The predicted molar refractivity (Wildman–Crippen MR) is 143 cm³/mol. The second kappa shape index (κ2) is 28.9. The molecule has 0 heterocycles. The van der Waals surface area contributed by atoms with E-state index < -0.39 is 0 Å². The van der Waals surface area contributed by atoms with Crippen molar-refractivity contribution in [2.45, 2.75) is 0 Å². The Hall–Kier alpha value is 0.908. The van der Waals surface area contributed by atoms with E-state index in [1.165, 1.54) is 0 Å². The molecule has 6 N–H and O–H groups in total. The zero-order valence-corrected chi connectivity index (χ0v) is 24.4. The van der Waals surface area contributed by atoms with E-state index in [1.807, 2.05) is 0 Å². The summed E-state index contributed by atoms with van der Waals surface area (Å²) in [5, 5.41) is 50.9. The van der Waals surface area contributed by atoms with Crippen molar-refractivity contribution in [2.24, 2.45) is 0 Å². The monoisotopic (exact) mass is 661 g/mol. The van der Waals surface area contributed by atoms with Crippen molar-refractivity contribution in [1.29, 1.82) is 0 Å². The third-order valence-electron chi connectivity index (χ3n) is 2.99. The van der Waals surface area contributed by atoms with E-state index in [0.29, 0.717) is 52.2 Å². The van der Waals surface area contributed by atoms with Crippen molar-refractivity contribution in [3.05, 3.63) is 0 Å². The van der Waals surface area contributed by atoms with Gasteiger partial charge in [0.15, 0.2) is 0 Å². The van der Waals surface area contributed by atoms with Crippen LogP contribution in [-0.4, -0.2) is 162 Å². The number of rotatable bonds is 12. The fourth-order valence-corrected chi connectivity index (χ4v) is 2.70. The zero-order chi connectivity index (χ0) is 23.9. The van der Waals surface area contributed by atoms with Crippen LogP contribution in [0.25, 0.3) is 0 Å². The second-order valence-corrected chi connectivity index (χ2v) is 8.20. The summed E-state index contributed by atoms with van der Waals surface area (Å²) in [5.41, 5.74) is 0. The van der Waals surface area contributed by atoms with Gasteiger partial charge in [-0.3, -0.25) is 0 Å². The van der Waals surface area contributed by atoms with Crippen LogP contribution in [0.15, 0.2) is 0 Å². The number of aliphatic hydroxyl groups excluding tert-OH is 6. The molecule has 0 bridgehead atoms. The summed E-state index contributed by atoms with van der Waals surface area (Å²) < 4.78 is 0.884. The molecule has 2 radical (unpaired) electrons. The molecule has 0 amide bonds. The van der Waals surface area contributed by atoms with E-state index in [4.69, 9.17) is 30.6 Å². The fourth-order valence-electron chi connectivity index (χ4n) is 1.61. The van der Waals surface area contributed by atoms with Crippen molar-refractivity contribution >= 4 is 112 Å². The van der Waals surface area contributed by atoms with Gasteiger partial charge < -0.3 is 120 Å². The summed E-state index contributed by atoms with van der Waals surface area (Å²) in [5.74, 6) is 0. The van der Waals surface area contributed by atoms with E-state index in [0.717, 1.165) is 0 Å². The van der Waals surface area contributed by atoms with Crippen molar-refractivity contribution in [3.63, 3.8) is 0 Å². The van der Waals surface area contributed by atoms with Gasteiger partial charge in [0.2, 0.25) is 0 Å². The molecule has 9 nitrogen and oxygen atoms in total. The molecule has 0 aliphatic carbocycles. The van der Waals surface area contributed by atoms with Crippen LogP contribution in [0.1, 0.15) is 0 Å². The van der Waals surface area contributed by atoms with Gasteiger partial charge in [-0.2, -0.15) is 0 Å². The van der Waals surface area contributed by atoms with Gasteiger partial charge in [0.25, 0.3) is 0 Å². The Morgan fingerprint density at radius 1 is 0.452 bits per heavy atom. The first-order valence-electron chi connectivity index (χ1n) is 8.69. The van der Waals surface area contributed by atoms with Crippen molar-refractivity contribution in [1.82, 2.24) is 14.7 Å². The van der Waals surface area contributed by atoms with Gasteiger partial charge in [0, 0.05) is 39.3 Å². The Morgan fingerprint density at radius 3 is 0.645 bits per heavy atom. The Kier molecular flexibility index (Phi) is 36.5. The van der Waals surface area contributed by atoms with Crippen LogP contribution in [-0.2, 0) is 37.9 Å². The summed E-state index contributed by atoms with van der Waals surface area (Å²) in [4.78, 5) is 4.72. The maximum Gasteiger partial charge on any atom is 3.00 e. The first kappa shape index (κ1) is 39.1. The molecule has 0 aliphatic rings. The third kappa shape index (κ3) is 27.0. The smallest absolute Gasteiger partial charge is 0.411 e. The molecule has 0 aromatic heterocycles. The molecule has 0 saturated heterocycles. The van der Waals surface area contributed by atoms with Crippen LogP contribution < -0.4 is 0 Å². The van der Waals surface area contributed by atoms with E-state index in [1.54, 1.807) is 14.7 Å². The van der Waals surface area contributed by atoms with Gasteiger partial charge in [-0.05, 0) is 0 Å². The summed E-state index contributed by atoms with van der Waals surface area (Å²) in [6, 6.07) is 0. The molecule has 0 fully saturated rings.